The van der Waals surface area contributed by atoms with Crippen LogP contribution in [0.4, 0.5) is 0 Å². The molecule has 64 valence electrons. The van der Waals surface area contributed by atoms with Crippen molar-refractivity contribution in [3.63, 3.8) is 0 Å². The summed E-state index contributed by atoms with van der Waals surface area (Å²) in [5, 5.41) is 0. The monoisotopic (exact) mass is 164 g/mol. The molecule has 1 heterocycles. The first-order chi connectivity index (χ1) is 5.74. The average Bonchev–Trinajstić information content (AvgIpc) is 2.47. The predicted molar refractivity (Wildman–Crippen MR) is 47.6 cm³/mol. The van der Waals surface area contributed by atoms with Gasteiger partial charge in [-0.1, -0.05) is 0 Å². The third-order valence-corrected chi connectivity index (χ3v) is 1.57. The van der Waals surface area contributed by atoms with Gasteiger partial charge in [-0.2, -0.15) is 0 Å². The number of carbonyl (C=O) groups excluding carboxylic acids is 1. The van der Waals surface area contributed by atoms with Crippen LogP contribution >= 0.6 is 0 Å². The van der Waals surface area contributed by atoms with Gasteiger partial charge < -0.3 is 4.57 Å². The molecule has 0 saturated carbocycles. The zero-order chi connectivity index (χ0) is 8.97. The van der Waals surface area contributed by atoms with Crippen molar-refractivity contribution >= 4 is 11.9 Å². The minimum absolute atomic E-state index is 0.0545. The summed E-state index contributed by atoms with van der Waals surface area (Å²) in [4.78, 5) is 14.6. The van der Waals surface area contributed by atoms with E-state index in [0.29, 0.717) is 0 Å². The molecule has 0 aliphatic rings. The number of hydrogen-bond acceptors (Lipinski definition) is 2. The summed E-state index contributed by atoms with van der Waals surface area (Å²) in [7, 11) is 0. The van der Waals surface area contributed by atoms with E-state index in [1.54, 1.807) is 24.7 Å². The third-order valence-electron chi connectivity index (χ3n) is 1.57. The van der Waals surface area contributed by atoms with Gasteiger partial charge in [0.05, 0.1) is 18.2 Å². The predicted octanol–water partition coefficient (Wildman–Crippen LogP) is 1.51. The van der Waals surface area contributed by atoms with Gasteiger partial charge in [-0.15, -0.1) is 0 Å². The standard InChI is InChI=1S/C9H12N2O/c1-3-11-7-10-6-9(11)5-4-8(2)12/h4-7H,3H2,1-2H3. The van der Waals surface area contributed by atoms with E-state index in [1.807, 2.05) is 11.5 Å². The molecular weight excluding hydrogens is 152 g/mol. The van der Waals surface area contributed by atoms with Crippen LogP contribution in [0.15, 0.2) is 18.6 Å². The lowest BCUT2D eigenvalue weighted by Crippen LogP contribution is -1.94. The Morgan fingerprint density at radius 3 is 3.08 bits per heavy atom. The Hall–Kier alpha value is -1.38. The molecule has 0 aliphatic heterocycles. The summed E-state index contributed by atoms with van der Waals surface area (Å²) in [5.41, 5.74) is 0.965. The molecule has 0 bridgehead atoms. The van der Waals surface area contributed by atoms with Crippen LogP contribution < -0.4 is 0 Å². The van der Waals surface area contributed by atoms with Gasteiger partial charge in [0.25, 0.3) is 0 Å². The maximum Gasteiger partial charge on any atom is 0.152 e. The van der Waals surface area contributed by atoms with Gasteiger partial charge >= 0.3 is 0 Å². The Balaban J connectivity index is 2.81. The first-order valence-electron chi connectivity index (χ1n) is 3.93. The van der Waals surface area contributed by atoms with E-state index < -0.39 is 0 Å². The smallest absolute Gasteiger partial charge is 0.152 e. The minimum atomic E-state index is 0.0545. The van der Waals surface area contributed by atoms with Crippen molar-refractivity contribution in [1.82, 2.24) is 9.55 Å². The lowest BCUT2D eigenvalue weighted by Gasteiger charge is -1.97. The molecule has 3 nitrogen and oxygen atoms in total. The SMILES string of the molecule is CCn1cncc1C=CC(C)=O. The van der Waals surface area contributed by atoms with Crippen LogP contribution in [0.3, 0.4) is 0 Å². The van der Waals surface area contributed by atoms with E-state index in [2.05, 4.69) is 4.98 Å². The zero-order valence-corrected chi connectivity index (χ0v) is 7.32. The Morgan fingerprint density at radius 1 is 1.75 bits per heavy atom. The second kappa shape index (κ2) is 3.85. The van der Waals surface area contributed by atoms with Crippen molar-refractivity contribution in [3.8, 4) is 0 Å². The summed E-state index contributed by atoms with van der Waals surface area (Å²) < 4.78 is 1.97. The summed E-state index contributed by atoms with van der Waals surface area (Å²) in [6.07, 6.45) is 6.81. The Labute approximate surface area is 71.7 Å². The number of imidazole rings is 1. The fraction of sp³-hybridized carbons (Fsp3) is 0.333. The Kier molecular flexibility index (Phi) is 2.80. The van der Waals surface area contributed by atoms with Gasteiger partial charge in [0.15, 0.2) is 5.78 Å². The number of rotatable bonds is 3. The second-order valence-corrected chi connectivity index (χ2v) is 2.55. The molecule has 0 amide bonds. The number of ketones is 1. The molecule has 0 atom stereocenters. The van der Waals surface area contributed by atoms with Crippen molar-refractivity contribution in [3.05, 3.63) is 24.3 Å². The Morgan fingerprint density at radius 2 is 2.50 bits per heavy atom. The summed E-state index contributed by atoms with van der Waals surface area (Å²) in [6, 6.07) is 0. The normalized spacial score (nSPS) is 10.8. The molecule has 0 fully saturated rings. The quantitative estimate of drug-likeness (QED) is 0.634. The molecule has 0 saturated heterocycles. The minimum Gasteiger partial charge on any atom is -0.331 e. The maximum atomic E-state index is 10.6. The molecule has 0 aliphatic carbocycles. The van der Waals surface area contributed by atoms with Crippen molar-refractivity contribution < 1.29 is 4.79 Å². The highest BCUT2D eigenvalue weighted by Crippen LogP contribution is 2.01. The molecule has 0 radical (unpaired) electrons. The van der Waals surface area contributed by atoms with Gasteiger partial charge in [0.1, 0.15) is 0 Å². The zero-order valence-electron chi connectivity index (χ0n) is 7.32. The number of hydrogen-bond donors (Lipinski definition) is 0. The number of aromatic nitrogens is 2. The van der Waals surface area contributed by atoms with E-state index in [9.17, 15) is 4.79 Å². The second-order valence-electron chi connectivity index (χ2n) is 2.55. The first-order valence-corrected chi connectivity index (χ1v) is 3.93. The van der Waals surface area contributed by atoms with Crippen LogP contribution in [0.2, 0.25) is 0 Å². The lowest BCUT2D eigenvalue weighted by molar-refractivity contribution is -0.112. The van der Waals surface area contributed by atoms with E-state index in [4.69, 9.17) is 0 Å². The van der Waals surface area contributed by atoms with Crippen molar-refractivity contribution in [2.75, 3.05) is 0 Å². The number of aryl methyl sites for hydroxylation is 1. The molecule has 0 aromatic carbocycles. The van der Waals surface area contributed by atoms with E-state index in [1.165, 1.54) is 6.92 Å². The molecule has 0 spiro atoms. The first kappa shape index (κ1) is 8.71. The molecule has 1 rings (SSSR count). The number of nitrogens with zero attached hydrogens (tertiary/aromatic N) is 2. The third kappa shape index (κ3) is 2.05. The van der Waals surface area contributed by atoms with Crippen molar-refractivity contribution in [2.24, 2.45) is 0 Å². The van der Waals surface area contributed by atoms with Crippen LogP contribution in [0.5, 0.6) is 0 Å². The largest absolute Gasteiger partial charge is 0.331 e. The summed E-state index contributed by atoms with van der Waals surface area (Å²) >= 11 is 0. The summed E-state index contributed by atoms with van der Waals surface area (Å²) in [5.74, 6) is 0.0545. The number of allylic oxidation sites excluding steroid dienone is 1. The van der Waals surface area contributed by atoms with Gasteiger partial charge in [-0.3, -0.25) is 4.79 Å². The van der Waals surface area contributed by atoms with Gasteiger partial charge in [-0.25, -0.2) is 4.98 Å². The highest BCUT2D eigenvalue weighted by atomic mass is 16.1. The van der Waals surface area contributed by atoms with Crippen molar-refractivity contribution in [1.29, 1.82) is 0 Å². The molecular formula is C9H12N2O. The highest BCUT2D eigenvalue weighted by molar-refractivity contribution is 5.91. The van der Waals surface area contributed by atoms with Crippen LogP contribution in [0, 0.1) is 0 Å². The van der Waals surface area contributed by atoms with E-state index in [-0.39, 0.29) is 5.78 Å². The number of carbonyl (C=O) groups is 1. The fourth-order valence-electron chi connectivity index (χ4n) is 0.937. The highest BCUT2D eigenvalue weighted by Gasteiger charge is 1.94. The van der Waals surface area contributed by atoms with Gasteiger partial charge in [0.2, 0.25) is 0 Å². The van der Waals surface area contributed by atoms with Crippen LogP contribution in [-0.2, 0) is 11.3 Å². The van der Waals surface area contributed by atoms with Crippen LogP contribution in [-0.4, -0.2) is 15.3 Å². The molecule has 3 heteroatoms. The molecule has 0 unspecified atom stereocenters. The van der Waals surface area contributed by atoms with Crippen LogP contribution in [0.25, 0.3) is 6.08 Å². The maximum absolute atomic E-state index is 10.6. The Bertz CT molecular complexity index is 299. The van der Waals surface area contributed by atoms with Gasteiger partial charge in [-0.05, 0) is 26.0 Å². The van der Waals surface area contributed by atoms with Crippen LogP contribution in [0.1, 0.15) is 19.5 Å². The molecule has 12 heavy (non-hydrogen) atoms. The summed E-state index contributed by atoms with van der Waals surface area (Å²) in [6.45, 7) is 4.44. The van der Waals surface area contributed by atoms with E-state index >= 15 is 0 Å². The molecule has 1 aromatic rings. The lowest BCUT2D eigenvalue weighted by atomic mass is 10.3. The molecule has 0 N–H and O–H groups in total. The van der Waals surface area contributed by atoms with Crippen molar-refractivity contribution in [2.45, 2.75) is 20.4 Å². The molecule has 1 aromatic heterocycles. The fourth-order valence-corrected chi connectivity index (χ4v) is 0.937. The van der Waals surface area contributed by atoms with Gasteiger partial charge in [0, 0.05) is 6.54 Å². The topological polar surface area (TPSA) is 34.9 Å². The van der Waals surface area contributed by atoms with E-state index in [0.717, 1.165) is 12.2 Å². The average molecular weight is 164 g/mol.